The molecule has 0 unspecified atom stereocenters. The predicted molar refractivity (Wildman–Crippen MR) is 79.5 cm³/mol. The van der Waals surface area contributed by atoms with E-state index >= 15 is 0 Å². The molecule has 1 aliphatic carbocycles. The van der Waals surface area contributed by atoms with Gasteiger partial charge < -0.3 is 10.1 Å². The van der Waals surface area contributed by atoms with Crippen LogP contribution >= 0.6 is 0 Å². The number of aromatic nitrogens is 2. The van der Waals surface area contributed by atoms with Crippen molar-refractivity contribution < 1.29 is 18.3 Å². The van der Waals surface area contributed by atoms with Crippen LogP contribution in [0.1, 0.15) is 35.4 Å². The van der Waals surface area contributed by atoms with Crippen LogP contribution < -0.4 is 10.1 Å². The summed E-state index contributed by atoms with van der Waals surface area (Å²) >= 11 is 0. The fourth-order valence-electron chi connectivity index (χ4n) is 2.53. The van der Waals surface area contributed by atoms with Gasteiger partial charge in [-0.25, -0.2) is 8.78 Å². The normalized spacial score (nSPS) is 20.2. The van der Waals surface area contributed by atoms with Gasteiger partial charge in [-0.3, -0.25) is 9.48 Å². The molecular formula is C16H17F2N3O2. The molecule has 1 aromatic heterocycles. The molecule has 7 heteroatoms. The minimum Gasteiger partial charge on any atom is -0.490 e. The van der Waals surface area contributed by atoms with Crippen molar-refractivity contribution in [3.8, 4) is 5.75 Å². The topological polar surface area (TPSA) is 56.2 Å². The summed E-state index contributed by atoms with van der Waals surface area (Å²) < 4.78 is 32.2. The Hall–Kier alpha value is -2.44. The van der Waals surface area contributed by atoms with Crippen molar-refractivity contribution >= 4 is 5.91 Å². The Bertz CT molecular complexity index is 682. The molecule has 5 nitrogen and oxygen atoms in total. The standard InChI is InChI=1S/C16H17F2N3O2/c1-21-14(15(17)18)9-13(20-21)16(22)19-10-7-12(8-10)23-11-5-3-2-4-6-11/h2-6,9-10,12,15H,7-8H2,1H3,(H,19,22). The third-order valence-corrected chi connectivity index (χ3v) is 3.85. The van der Waals surface area contributed by atoms with Crippen molar-refractivity contribution in [1.82, 2.24) is 15.1 Å². The lowest BCUT2D eigenvalue weighted by molar-refractivity contribution is 0.0697. The highest BCUT2D eigenvalue weighted by Gasteiger charge is 2.33. The minimum absolute atomic E-state index is 0.00947. The minimum atomic E-state index is -2.65. The quantitative estimate of drug-likeness (QED) is 0.921. The van der Waals surface area contributed by atoms with Crippen molar-refractivity contribution in [1.29, 1.82) is 0 Å². The molecule has 122 valence electrons. The molecule has 0 radical (unpaired) electrons. The maximum Gasteiger partial charge on any atom is 0.280 e. The first-order chi connectivity index (χ1) is 11.0. The highest BCUT2D eigenvalue weighted by Crippen LogP contribution is 2.26. The molecule has 1 aromatic carbocycles. The van der Waals surface area contributed by atoms with Gasteiger partial charge in [0.25, 0.3) is 12.3 Å². The fraction of sp³-hybridized carbons (Fsp3) is 0.375. The van der Waals surface area contributed by atoms with Gasteiger partial charge in [-0.2, -0.15) is 5.10 Å². The molecule has 0 spiro atoms. The summed E-state index contributed by atoms with van der Waals surface area (Å²) in [7, 11) is 1.39. The number of alkyl halides is 2. The lowest BCUT2D eigenvalue weighted by Gasteiger charge is -2.35. The Morgan fingerprint density at radius 2 is 2.04 bits per heavy atom. The van der Waals surface area contributed by atoms with Crippen molar-refractivity contribution in [2.45, 2.75) is 31.4 Å². The zero-order valence-electron chi connectivity index (χ0n) is 12.6. The van der Waals surface area contributed by atoms with E-state index in [2.05, 4.69) is 10.4 Å². The number of carbonyl (C=O) groups is 1. The highest BCUT2D eigenvalue weighted by atomic mass is 19.3. The van der Waals surface area contributed by atoms with Gasteiger partial charge in [-0.1, -0.05) is 18.2 Å². The molecule has 1 amide bonds. The third kappa shape index (κ3) is 3.49. The van der Waals surface area contributed by atoms with Gasteiger partial charge >= 0.3 is 0 Å². The number of benzene rings is 1. The lowest BCUT2D eigenvalue weighted by Crippen LogP contribution is -2.49. The molecule has 0 atom stereocenters. The maximum absolute atomic E-state index is 12.7. The van der Waals surface area contributed by atoms with E-state index in [4.69, 9.17) is 4.74 Å². The largest absolute Gasteiger partial charge is 0.490 e. The van der Waals surface area contributed by atoms with Crippen molar-refractivity contribution in [3.63, 3.8) is 0 Å². The molecule has 3 rings (SSSR count). The zero-order valence-corrected chi connectivity index (χ0v) is 12.6. The number of nitrogens with one attached hydrogen (secondary N) is 1. The SMILES string of the molecule is Cn1nc(C(=O)NC2CC(Oc3ccccc3)C2)cc1C(F)F. The fourth-order valence-corrected chi connectivity index (χ4v) is 2.53. The second-order valence-electron chi connectivity index (χ2n) is 5.57. The second kappa shape index (κ2) is 6.36. The van der Waals surface area contributed by atoms with Crippen LogP contribution in [-0.4, -0.2) is 27.8 Å². The average molecular weight is 321 g/mol. The van der Waals surface area contributed by atoms with E-state index < -0.39 is 12.3 Å². The molecule has 2 aromatic rings. The molecule has 23 heavy (non-hydrogen) atoms. The number of hydrogen-bond acceptors (Lipinski definition) is 3. The van der Waals surface area contributed by atoms with Crippen LogP contribution in [-0.2, 0) is 7.05 Å². The van der Waals surface area contributed by atoms with Gasteiger partial charge in [0.05, 0.1) is 0 Å². The number of rotatable bonds is 5. The summed E-state index contributed by atoms with van der Waals surface area (Å²) in [6.07, 6.45) is -1.21. The van der Waals surface area contributed by atoms with Crippen LogP contribution in [0.25, 0.3) is 0 Å². The van der Waals surface area contributed by atoms with Crippen LogP contribution in [0.2, 0.25) is 0 Å². The molecule has 0 saturated heterocycles. The predicted octanol–water partition coefficient (Wildman–Crippen LogP) is 2.70. The smallest absolute Gasteiger partial charge is 0.280 e. The summed E-state index contributed by atoms with van der Waals surface area (Å²) in [6.45, 7) is 0. The molecule has 1 saturated carbocycles. The number of nitrogens with zero attached hydrogens (tertiary/aromatic N) is 2. The van der Waals surface area contributed by atoms with E-state index in [0.717, 1.165) is 16.5 Å². The van der Waals surface area contributed by atoms with Gasteiger partial charge in [0.15, 0.2) is 5.69 Å². The number of ether oxygens (including phenoxy) is 1. The summed E-state index contributed by atoms with van der Waals surface area (Å²) in [5, 5.41) is 6.61. The number of halogens is 2. The Kier molecular flexibility index (Phi) is 4.27. The van der Waals surface area contributed by atoms with Crippen LogP contribution in [0.5, 0.6) is 5.75 Å². The molecule has 1 fully saturated rings. The van der Waals surface area contributed by atoms with Crippen LogP contribution in [0, 0.1) is 0 Å². The van der Waals surface area contributed by atoms with E-state index in [1.165, 1.54) is 7.05 Å². The third-order valence-electron chi connectivity index (χ3n) is 3.85. The number of aryl methyl sites for hydroxylation is 1. The Morgan fingerprint density at radius 1 is 1.35 bits per heavy atom. The van der Waals surface area contributed by atoms with E-state index in [-0.39, 0.29) is 23.5 Å². The molecule has 0 bridgehead atoms. The summed E-state index contributed by atoms with van der Waals surface area (Å²) in [5.74, 6) is 0.365. The van der Waals surface area contributed by atoms with Crippen molar-refractivity contribution in [2.24, 2.45) is 7.05 Å². The van der Waals surface area contributed by atoms with Crippen molar-refractivity contribution in [3.05, 3.63) is 47.8 Å². The highest BCUT2D eigenvalue weighted by molar-refractivity contribution is 5.92. The lowest BCUT2D eigenvalue weighted by atomic mass is 9.89. The van der Waals surface area contributed by atoms with E-state index in [1.807, 2.05) is 30.3 Å². The van der Waals surface area contributed by atoms with Gasteiger partial charge in [0, 0.05) is 25.9 Å². The van der Waals surface area contributed by atoms with Crippen LogP contribution in [0.4, 0.5) is 8.78 Å². The van der Waals surface area contributed by atoms with Gasteiger partial charge in [-0.05, 0) is 18.2 Å². The first-order valence-corrected chi connectivity index (χ1v) is 7.37. The number of carbonyl (C=O) groups excluding carboxylic acids is 1. The van der Waals surface area contributed by atoms with E-state index in [1.54, 1.807) is 0 Å². The van der Waals surface area contributed by atoms with E-state index in [9.17, 15) is 13.6 Å². The van der Waals surface area contributed by atoms with Gasteiger partial charge in [0.1, 0.15) is 17.5 Å². The first-order valence-electron chi connectivity index (χ1n) is 7.37. The summed E-state index contributed by atoms with van der Waals surface area (Å²) in [5.41, 5.74) is -0.260. The monoisotopic (exact) mass is 321 g/mol. The van der Waals surface area contributed by atoms with Gasteiger partial charge in [0.2, 0.25) is 0 Å². The molecular weight excluding hydrogens is 304 g/mol. The molecule has 1 N–H and O–H groups in total. The Morgan fingerprint density at radius 3 is 2.65 bits per heavy atom. The Labute approximate surface area is 132 Å². The summed E-state index contributed by atoms with van der Waals surface area (Å²) in [6, 6.07) is 10.6. The average Bonchev–Trinajstić information content (AvgIpc) is 2.88. The second-order valence-corrected chi connectivity index (χ2v) is 5.57. The Balaban J connectivity index is 1.50. The number of amides is 1. The first kappa shape index (κ1) is 15.5. The maximum atomic E-state index is 12.7. The van der Waals surface area contributed by atoms with Gasteiger partial charge in [-0.15, -0.1) is 0 Å². The molecule has 1 aliphatic rings. The van der Waals surface area contributed by atoms with Crippen molar-refractivity contribution in [2.75, 3.05) is 0 Å². The number of hydrogen-bond donors (Lipinski definition) is 1. The van der Waals surface area contributed by atoms with Crippen LogP contribution in [0.15, 0.2) is 36.4 Å². The van der Waals surface area contributed by atoms with E-state index in [0.29, 0.717) is 12.8 Å². The van der Waals surface area contributed by atoms with Crippen LogP contribution in [0.3, 0.4) is 0 Å². The molecule has 1 heterocycles. The molecule has 0 aliphatic heterocycles. The number of para-hydroxylation sites is 1. The zero-order chi connectivity index (χ0) is 16.4. The summed E-state index contributed by atoms with van der Waals surface area (Å²) in [4.78, 5) is 12.0.